The van der Waals surface area contributed by atoms with E-state index in [2.05, 4.69) is 4.98 Å². The Morgan fingerprint density at radius 2 is 2.46 bits per heavy atom. The van der Waals surface area contributed by atoms with Gasteiger partial charge in [-0.05, 0) is 13.0 Å². The average molecular weight is 183 g/mol. The fourth-order valence-corrected chi connectivity index (χ4v) is 0.919. The molecule has 2 N–H and O–H groups in total. The number of nitrogen functional groups attached to an aromatic ring is 1. The molecule has 5 nitrogen and oxygen atoms in total. The predicted octanol–water partition coefficient (Wildman–Crippen LogP) is -0.138. The van der Waals surface area contributed by atoms with Crippen molar-refractivity contribution in [2.24, 2.45) is 0 Å². The van der Waals surface area contributed by atoms with E-state index in [1.54, 1.807) is 12.3 Å². The molecule has 0 bridgehead atoms. The van der Waals surface area contributed by atoms with Gasteiger partial charge < -0.3 is 10.5 Å². The maximum absolute atomic E-state index is 11.2. The number of ether oxygens (including phenoxy) is 1. The van der Waals surface area contributed by atoms with Crippen LogP contribution in [0.2, 0.25) is 0 Å². The average Bonchev–Trinajstić information content (AvgIpc) is 2.09. The highest BCUT2D eigenvalue weighted by molar-refractivity contribution is 5.23. The number of anilines is 1. The van der Waals surface area contributed by atoms with Gasteiger partial charge in [0.2, 0.25) is 0 Å². The van der Waals surface area contributed by atoms with E-state index in [1.807, 2.05) is 6.92 Å². The molecule has 1 heterocycles. The molecule has 0 saturated carbocycles. The van der Waals surface area contributed by atoms with Gasteiger partial charge in [0.05, 0.1) is 13.2 Å². The highest BCUT2D eigenvalue weighted by Gasteiger charge is 1.96. The molecule has 72 valence electrons. The molecule has 0 unspecified atom stereocenters. The Bertz CT molecular complexity index is 321. The van der Waals surface area contributed by atoms with Gasteiger partial charge in [-0.3, -0.25) is 4.57 Å². The molecule has 0 aliphatic rings. The number of nitrogens with two attached hydrogens (primary N) is 1. The molecule has 1 aromatic rings. The maximum Gasteiger partial charge on any atom is 0.349 e. The van der Waals surface area contributed by atoms with Crippen LogP contribution >= 0.6 is 0 Å². The molecule has 0 spiro atoms. The Balaban J connectivity index is 2.62. The Hall–Kier alpha value is -1.36. The van der Waals surface area contributed by atoms with Crippen LogP contribution < -0.4 is 11.4 Å². The van der Waals surface area contributed by atoms with Crippen molar-refractivity contribution in [1.82, 2.24) is 9.55 Å². The summed E-state index contributed by atoms with van der Waals surface area (Å²) in [5, 5.41) is 0. The third kappa shape index (κ3) is 2.87. The van der Waals surface area contributed by atoms with Crippen molar-refractivity contribution in [3.63, 3.8) is 0 Å². The minimum absolute atomic E-state index is 0.248. The summed E-state index contributed by atoms with van der Waals surface area (Å²) < 4.78 is 6.57. The fraction of sp³-hybridized carbons (Fsp3) is 0.500. The number of hydrogen-bond donors (Lipinski definition) is 1. The molecular weight excluding hydrogens is 170 g/mol. The van der Waals surface area contributed by atoms with Crippen LogP contribution in [0.3, 0.4) is 0 Å². The molecule has 0 aliphatic heterocycles. The van der Waals surface area contributed by atoms with Crippen LogP contribution in [0.1, 0.15) is 6.92 Å². The van der Waals surface area contributed by atoms with Gasteiger partial charge in [0.15, 0.2) is 0 Å². The van der Waals surface area contributed by atoms with E-state index in [1.165, 1.54) is 4.57 Å². The van der Waals surface area contributed by atoms with E-state index in [4.69, 9.17) is 10.5 Å². The second kappa shape index (κ2) is 4.61. The van der Waals surface area contributed by atoms with E-state index in [9.17, 15) is 4.79 Å². The Morgan fingerprint density at radius 1 is 1.69 bits per heavy atom. The van der Waals surface area contributed by atoms with Crippen molar-refractivity contribution < 1.29 is 4.74 Å². The molecule has 1 rings (SSSR count). The number of hydrogen-bond acceptors (Lipinski definition) is 4. The van der Waals surface area contributed by atoms with Crippen LogP contribution in [0.5, 0.6) is 0 Å². The topological polar surface area (TPSA) is 70.1 Å². The zero-order valence-electron chi connectivity index (χ0n) is 7.56. The first-order valence-corrected chi connectivity index (χ1v) is 4.14. The molecule has 0 saturated heterocycles. The molecule has 0 aromatic carbocycles. The highest BCUT2D eigenvalue weighted by Crippen LogP contribution is 1.89. The summed E-state index contributed by atoms with van der Waals surface area (Å²) in [6.07, 6.45) is 1.61. The first-order valence-electron chi connectivity index (χ1n) is 4.14. The zero-order chi connectivity index (χ0) is 9.68. The van der Waals surface area contributed by atoms with Crippen molar-refractivity contribution in [2.75, 3.05) is 18.9 Å². The molecule has 0 amide bonds. The smallest absolute Gasteiger partial charge is 0.349 e. The SMILES string of the molecule is CCOCCn1ccc(N)nc1=O. The molecule has 5 heteroatoms. The molecule has 0 aliphatic carbocycles. The molecule has 13 heavy (non-hydrogen) atoms. The number of rotatable bonds is 4. The first kappa shape index (κ1) is 9.73. The van der Waals surface area contributed by atoms with Crippen molar-refractivity contribution in [2.45, 2.75) is 13.5 Å². The molecular formula is C8H13N3O2. The van der Waals surface area contributed by atoms with Gasteiger partial charge in [-0.2, -0.15) is 4.98 Å². The summed E-state index contributed by atoms with van der Waals surface area (Å²) in [6, 6.07) is 1.59. The lowest BCUT2D eigenvalue weighted by molar-refractivity contribution is 0.138. The quantitative estimate of drug-likeness (QED) is 0.660. The summed E-state index contributed by atoms with van der Waals surface area (Å²) in [5.74, 6) is 0.248. The van der Waals surface area contributed by atoms with Crippen LogP contribution in [-0.2, 0) is 11.3 Å². The minimum Gasteiger partial charge on any atom is -0.383 e. The third-order valence-corrected chi connectivity index (χ3v) is 1.58. The molecule has 0 radical (unpaired) electrons. The van der Waals surface area contributed by atoms with Crippen molar-refractivity contribution >= 4 is 5.82 Å². The molecule has 0 atom stereocenters. The standard InChI is InChI=1S/C8H13N3O2/c1-2-13-6-5-11-4-3-7(9)10-8(11)12/h3-4H,2,5-6H2,1H3,(H2,9,10,12). The number of aromatic nitrogens is 2. The zero-order valence-corrected chi connectivity index (χ0v) is 7.56. The van der Waals surface area contributed by atoms with Crippen LogP contribution in [0.15, 0.2) is 17.1 Å². The summed E-state index contributed by atoms with van der Waals surface area (Å²) in [6.45, 7) is 3.59. The second-order valence-electron chi connectivity index (χ2n) is 2.53. The van der Waals surface area contributed by atoms with Gasteiger partial charge in [0, 0.05) is 12.8 Å². The summed E-state index contributed by atoms with van der Waals surface area (Å²) in [7, 11) is 0. The second-order valence-corrected chi connectivity index (χ2v) is 2.53. The van der Waals surface area contributed by atoms with Gasteiger partial charge in [0.25, 0.3) is 0 Å². The van der Waals surface area contributed by atoms with Gasteiger partial charge in [-0.1, -0.05) is 0 Å². The van der Waals surface area contributed by atoms with Crippen LogP contribution in [0.25, 0.3) is 0 Å². The van der Waals surface area contributed by atoms with E-state index in [0.717, 1.165) is 0 Å². The van der Waals surface area contributed by atoms with Gasteiger partial charge in [0.1, 0.15) is 5.82 Å². The molecule has 1 aromatic heterocycles. The van der Waals surface area contributed by atoms with E-state index in [-0.39, 0.29) is 11.5 Å². The lowest BCUT2D eigenvalue weighted by Gasteiger charge is -2.04. The van der Waals surface area contributed by atoms with Gasteiger partial charge >= 0.3 is 5.69 Å². The first-order chi connectivity index (χ1) is 6.24. The van der Waals surface area contributed by atoms with E-state index < -0.39 is 0 Å². The minimum atomic E-state index is -0.334. The van der Waals surface area contributed by atoms with Gasteiger partial charge in [-0.15, -0.1) is 0 Å². The van der Waals surface area contributed by atoms with Crippen molar-refractivity contribution in [1.29, 1.82) is 0 Å². The summed E-state index contributed by atoms with van der Waals surface area (Å²) >= 11 is 0. The lowest BCUT2D eigenvalue weighted by Crippen LogP contribution is -2.24. The van der Waals surface area contributed by atoms with Crippen LogP contribution in [0.4, 0.5) is 5.82 Å². The van der Waals surface area contributed by atoms with E-state index >= 15 is 0 Å². The predicted molar refractivity (Wildman–Crippen MR) is 49.4 cm³/mol. The maximum atomic E-state index is 11.2. The Morgan fingerprint density at radius 3 is 3.08 bits per heavy atom. The van der Waals surface area contributed by atoms with Gasteiger partial charge in [-0.25, -0.2) is 4.79 Å². The van der Waals surface area contributed by atoms with Crippen molar-refractivity contribution in [3.05, 3.63) is 22.7 Å². The molecule has 0 fully saturated rings. The summed E-state index contributed by atoms with van der Waals surface area (Å²) in [4.78, 5) is 14.7. The normalized spacial score (nSPS) is 10.2. The summed E-state index contributed by atoms with van der Waals surface area (Å²) in [5.41, 5.74) is 4.99. The van der Waals surface area contributed by atoms with Crippen LogP contribution in [-0.4, -0.2) is 22.8 Å². The third-order valence-electron chi connectivity index (χ3n) is 1.58. The number of nitrogens with zero attached hydrogens (tertiary/aromatic N) is 2. The fourth-order valence-electron chi connectivity index (χ4n) is 0.919. The Labute approximate surface area is 76.2 Å². The highest BCUT2D eigenvalue weighted by atomic mass is 16.5. The monoisotopic (exact) mass is 183 g/mol. The largest absolute Gasteiger partial charge is 0.383 e. The van der Waals surface area contributed by atoms with Crippen molar-refractivity contribution in [3.8, 4) is 0 Å². The van der Waals surface area contributed by atoms with E-state index in [0.29, 0.717) is 19.8 Å². The Kier molecular flexibility index (Phi) is 3.45. The lowest BCUT2D eigenvalue weighted by atomic mass is 10.5. The van der Waals surface area contributed by atoms with Crippen LogP contribution in [0, 0.1) is 0 Å².